The standard InChI is InChI=1S/C25H41FN2O3Si/c1-24(2,3)32(6,7)31-18-20-9-8-10-21(22(20)26)27-12-14-28(15-13-27)23(29)19-11-16-30-25(4,5)17-19/h8-10,19H,11-18H2,1-7H3. The summed E-state index contributed by atoms with van der Waals surface area (Å²) in [6.07, 6.45) is 1.55. The minimum Gasteiger partial charge on any atom is -0.412 e. The molecule has 180 valence electrons. The number of carbonyl (C=O) groups excluding carboxylic acids is 1. The van der Waals surface area contributed by atoms with Gasteiger partial charge in [-0.3, -0.25) is 4.79 Å². The summed E-state index contributed by atoms with van der Waals surface area (Å²) in [7, 11) is -1.95. The minimum absolute atomic E-state index is 0.0258. The number of nitrogens with zero attached hydrogens (tertiary/aromatic N) is 2. The molecule has 2 aliphatic heterocycles. The van der Waals surface area contributed by atoms with Crippen LogP contribution in [0.1, 0.15) is 53.0 Å². The zero-order valence-electron chi connectivity index (χ0n) is 21.0. The summed E-state index contributed by atoms with van der Waals surface area (Å²) in [4.78, 5) is 17.0. The molecule has 3 rings (SSSR count). The summed E-state index contributed by atoms with van der Waals surface area (Å²) in [6, 6.07) is 5.56. The monoisotopic (exact) mass is 464 g/mol. The van der Waals surface area contributed by atoms with Crippen LogP contribution in [0.25, 0.3) is 0 Å². The second kappa shape index (κ2) is 9.43. The normalized spacial score (nSPS) is 22.2. The number of carbonyl (C=O) groups is 1. The molecule has 1 aromatic rings. The summed E-state index contributed by atoms with van der Waals surface area (Å²) in [6.45, 7) is 18.5. The van der Waals surface area contributed by atoms with Crippen LogP contribution < -0.4 is 4.90 Å². The zero-order valence-corrected chi connectivity index (χ0v) is 22.0. The Bertz CT molecular complexity index is 814. The predicted octanol–water partition coefficient (Wildman–Crippen LogP) is 5.20. The molecule has 1 aromatic carbocycles. The van der Waals surface area contributed by atoms with Crippen molar-refractivity contribution in [1.29, 1.82) is 0 Å². The van der Waals surface area contributed by atoms with Gasteiger partial charge >= 0.3 is 0 Å². The lowest BCUT2D eigenvalue weighted by Crippen LogP contribution is -2.52. The fourth-order valence-electron chi connectivity index (χ4n) is 4.27. The molecular weight excluding hydrogens is 423 g/mol. The molecule has 0 aliphatic carbocycles. The molecule has 0 aromatic heterocycles. The molecule has 2 heterocycles. The van der Waals surface area contributed by atoms with Gasteiger partial charge in [0.05, 0.1) is 17.9 Å². The SMILES string of the molecule is CC1(C)CC(C(=O)N2CCN(c3cccc(CO[Si](C)(C)C(C)(C)C)c3F)CC2)CCO1. The van der Waals surface area contributed by atoms with Gasteiger partial charge in [-0.25, -0.2) is 4.39 Å². The van der Waals surface area contributed by atoms with Gasteiger partial charge in [-0.2, -0.15) is 0 Å². The summed E-state index contributed by atoms with van der Waals surface area (Å²) in [5.41, 5.74) is 0.979. The van der Waals surface area contributed by atoms with Crippen molar-refractivity contribution in [2.75, 3.05) is 37.7 Å². The third-order valence-corrected chi connectivity index (χ3v) is 11.9. The van der Waals surface area contributed by atoms with E-state index >= 15 is 4.39 Å². The molecule has 32 heavy (non-hydrogen) atoms. The summed E-state index contributed by atoms with van der Waals surface area (Å²) in [5.74, 6) is 0.0491. The smallest absolute Gasteiger partial charge is 0.226 e. The number of amides is 1. The molecule has 2 saturated heterocycles. The Labute approximate surface area is 194 Å². The van der Waals surface area contributed by atoms with Crippen molar-refractivity contribution < 1.29 is 18.3 Å². The van der Waals surface area contributed by atoms with E-state index in [1.807, 2.05) is 23.1 Å². The maximum Gasteiger partial charge on any atom is 0.226 e. The fourth-order valence-corrected chi connectivity index (χ4v) is 5.21. The number of anilines is 1. The van der Waals surface area contributed by atoms with E-state index in [0.29, 0.717) is 50.6 Å². The van der Waals surface area contributed by atoms with Gasteiger partial charge < -0.3 is 19.0 Å². The molecule has 1 amide bonds. The van der Waals surface area contributed by atoms with Crippen LogP contribution in [-0.2, 0) is 20.6 Å². The van der Waals surface area contributed by atoms with E-state index in [1.54, 1.807) is 0 Å². The Morgan fingerprint density at radius 1 is 1.22 bits per heavy atom. The molecular formula is C25H41FN2O3Si. The van der Waals surface area contributed by atoms with E-state index in [4.69, 9.17) is 9.16 Å². The van der Waals surface area contributed by atoms with E-state index < -0.39 is 8.32 Å². The number of rotatable bonds is 5. The van der Waals surface area contributed by atoms with Crippen LogP contribution in [0.2, 0.25) is 18.1 Å². The number of hydrogen-bond donors (Lipinski definition) is 0. The molecule has 0 N–H and O–H groups in total. The van der Waals surface area contributed by atoms with Gasteiger partial charge in [-0.1, -0.05) is 32.9 Å². The van der Waals surface area contributed by atoms with Crippen molar-refractivity contribution in [1.82, 2.24) is 4.90 Å². The number of ether oxygens (including phenoxy) is 1. The van der Waals surface area contributed by atoms with Crippen LogP contribution in [0, 0.1) is 11.7 Å². The van der Waals surface area contributed by atoms with E-state index in [1.165, 1.54) is 0 Å². The van der Waals surface area contributed by atoms with Crippen molar-refractivity contribution in [3.63, 3.8) is 0 Å². The van der Waals surface area contributed by atoms with Gasteiger partial charge in [0.2, 0.25) is 5.91 Å². The molecule has 0 bridgehead atoms. The lowest BCUT2D eigenvalue weighted by Gasteiger charge is -2.41. The molecule has 2 fully saturated rings. The molecule has 5 nitrogen and oxygen atoms in total. The molecule has 2 aliphatic rings. The highest BCUT2D eigenvalue weighted by Crippen LogP contribution is 2.37. The number of piperazine rings is 1. The maximum absolute atomic E-state index is 15.4. The van der Waals surface area contributed by atoms with E-state index in [0.717, 1.165) is 12.8 Å². The second-order valence-electron chi connectivity index (χ2n) is 11.4. The second-order valence-corrected chi connectivity index (χ2v) is 16.2. The van der Waals surface area contributed by atoms with Crippen LogP contribution in [0.4, 0.5) is 10.1 Å². The highest BCUT2D eigenvalue weighted by molar-refractivity contribution is 6.74. The minimum atomic E-state index is -1.95. The number of halogens is 1. The summed E-state index contributed by atoms with van der Waals surface area (Å²) < 4.78 is 27.4. The van der Waals surface area contributed by atoms with Gasteiger partial charge in [-0.05, 0) is 50.9 Å². The Kier molecular flexibility index (Phi) is 7.42. The van der Waals surface area contributed by atoms with Crippen molar-refractivity contribution in [3.8, 4) is 0 Å². The van der Waals surface area contributed by atoms with Crippen LogP contribution in [-0.4, -0.2) is 57.5 Å². The van der Waals surface area contributed by atoms with Crippen molar-refractivity contribution in [2.45, 2.75) is 77.8 Å². The Morgan fingerprint density at radius 3 is 2.47 bits per heavy atom. The first-order valence-corrected chi connectivity index (χ1v) is 14.8. The molecule has 0 saturated carbocycles. The predicted molar refractivity (Wildman–Crippen MR) is 130 cm³/mol. The van der Waals surface area contributed by atoms with Crippen molar-refractivity contribution >= 4 is 19.9 Å². The molecule has 0 radical (unpaired) electrons. The van der Waals surface area contributed by atoms with Gasteiger partial charge in [0.15, 0.2) is 14.1 Å². The number of benzene rings is 1. The van der Waals surface area contributed by atoms with E-state index in [-0.39, 0.29) is 28.3 Å². The lowest BCUT2D eigenvalue weighted by molar-refractivity contribution is -0.145. The van der Waals surface area contributed by atoms with E-state index in [2.05, 4.69) is 52.6 Å². The lowest BCUT2D eigenvalue weighted by atomic mass is 9.87. The Morgan fingerprint density at radius 2 is 1.88 bits per heavy atom. The quantitative estimate of drug-likeness (QED) is 0.562. The molecule has 0 spiro atoms. The van der Waals surface area contributed by atoms with Crippen molar-refractivity contribution in [2.24, 2.45) is 5.92 Å². The Hall–Kier alpha value is -1.44. The largest absolute Gasteiger partial charge is 0.412 e. The van der Waals surface area contributed by atoms with E-state index in [9.17, 15) is 4.79 Å². The number of hydrogen-bond acceptors (Lipinski definition) is 4. The van der Waals surface area contributed by atoms with Gasteiger partial charge in [0.25, 0.3) is 0 Å². The average molecular weight is 465 g/mol. The van der Waals surface area contributed by atoms with Gasteiger partial charge in [0, 0.05) is 44.3 Å². The van der Waals surface area contributed by atoms with Crippen LogP contribution in [0.3, 0.4) is 0 Å². The van der Waals surface area contributed by atoms with Gasteiger partial charge in [0.1, 0.15) is 0 Å². The maximum atomic E-state index is 15.4. The van der Waals surface area contributed by atoms with Crippen LogP contribution in [0.5, 0.6) is 0 Å². The van der Waals surface area contributed by atoms with Crippen LogP contribution in [0.15, 0.2) is 18.2 Å². The first kappa shape index (κ1) is 25.2. The van der Waals surface area contributed by atoms with Crippen molar-refractivity contribution in [3.05, 3.63) is 29.6 Å². The third-order valence-electron chi connectivity index (χ3n) is 7.43. The Balaban J connectivity index is 1.61. The highest BCUT2D eigenvalue weighted by Gasteiger charge is 2.38. The third kappa shape index (κ3) is 5.72. The van der Waals surface area contributed by atoms with Crippen LogP contribution >= 0.6 is 0 Å². The molecule has 1 unspecified atom stereocenters. The van der Waals surface area contributed by atoms with Gasteiger partial charge in [-0.15, -0.1) is 0 Å². The zero-order chi connectivity index (χ0) is 23.7. The fraction of sp³-hybridized carbons (Fsp3) is 0.720. The first-order chi connectivity index (χ1) is 14.8. The summed E-state index contributed by atoms with van der Waals surface area (Å²) >= 11 is 0. The topological polar surface area (TPSA) is 42.0 Å². The molecule has 7 heteroatoms. The first-order valence-electron chi connectivity index (χ1n) is 11.9. The highest BCUT2D eigenvalue weighted by atomic mass is 28.4. The molecule has 1 atom stereocenters. The average Bonchev–Trinajstić information content (AvgIpc) is 2.71. The summed E-state index contributed by atoms with van der Waals surface area (Å²) in [5, 5.41) is 0.0869.